The molecule has 0 fully saturated rings. The number of furan rings is 1. The molecule has 8 aromatic rings. The standard InChI is InChI=1S/C51H39NO/c1-4-5-7-15-36(3)51(39-28-24-35(2)25-29-39)46-21-12-10-18-42(46)43-33-32-41(34-47(43)51)52(40-30-26-38(27-31-40)37-16-8-6-9-17-37)48-22-14-20-45-44-19-11-13-23-49(44)53-50(45)48/h4-34H,3H2,1-2H3/b5-4-,15-7-. The first kappa shape index (κ1) is 32.3. The number of benzene rings is 7. The van der Waals surface area contributed by atoms with Gasteiger partial charge in [0.2, 0.25) is 0 Å². The molecule has 0 N–H and O–H groups in total. The van der Waals surface area contributed by atoms with E-state index in [1.165, 1.54) is 44.5 Å². The number of hydrogen-bond acceptors (Lipinski definition) is 2. The van der Waals surface area contributed by atoms with Gasteiger partial charge in [-0.1, -0.05) is 164 Å². The average Bonchev–Trinajstić information content (AvgIpc) is 3.73. The van der Waals surface area contributed by atoms with Crippen LogP contribution < -0.4 is 4.90 Å². The molecular formula is C51H39NO. The summed E-state index contributed by atoms with van der Waals surface area (Å²) in [7, 11) is 0. The van der Waals surface area contributed by atoms with E-state index in [9.17, 15) is 0 Å². The molecule has 0 bridgehead atoms. The molecule has 1 aromatic heterocycles. The van der Waals surface area contributed by atoms with Crippen LogP contribution in [-0.2, 0) is 5.41 Å². The van der Waals surface area contributed by atoms with Crippen molar-refractivity contribution < 1.29 is 4.42 Å². The molecule has 2 nitrogen and oxygen atoms in total. The molecule has 1 heterocycles. The maximum Gasteiger partial charge on any atom is 0.159 e. The van der Waals surface area contributed by atoms with Gasteiger partial charge in [0.1, 0.15) is 5.58 Å². The fraction of sp³-hybridized carbons (Fsp3) is 0.0588. The van der Waals surface area contributed by atoms with Crippen molar-refractivity contribution in [3.8, 4) is 22.3 Å². The second-order valence-electron chi connectivity index (χ2n) is 13.8. The Morgan fingerprint density at radius 2 is 1.28 bits per heavy atom. The van der Waals surface area contributed by atoms with E-state index in [4.69, 9.17) is 11.0 Å². The lowest BCUT2D eigenvalue weighted by Crippen LogP contribution is -2.28. The van der Waals surface area contributed by atoms with Crippen LogP contribution >= 0.6 is 0 Å². The van der Waals surface area contributed by atoms with E-state index in [0.29, 0.717) is 0 Å². The first-order valence-electron chi connectivity index (χ1n) is 18.2. The number of anilines is 3. The highest BCUT2D eigenvalue weighted by atomic mass is 16.3. The summed E-state index contributed by atoms with van der Waals surface area (Å²) in [4.78, 5) is 2.35. The minimum absolute atomic E-state index is 0.609. The Kier molecular flexibility index (Phi) is 8.01. The molecule has 0 saturated carbocycles. The van der Waals surface area contributed by atoms with Crippen LogP contribution in [0, 0.1) is 6.92 Å². The minimum Gasteiger partial charge on any atom is -0.454 e. The zero-order valence-corrected chi connectivity index (χ0v) is 30.0. The van der Waals surface area contributed by atoms with E-state index in [-0.39, 0.29) is 0 Å². The molecular weight excluding hydrogens is 643 g/mol. The second-order valence-corrected chi connectivity index (χ2v) is 13.8. The monoisotopic (exact) mass is 681 g/mol. The zero-order valence-electron chi connectivity index (χ0n) is 30.0. The average molecular weight is 682 g/mol. The molecule has 1 aliphatic carbocycles. The maximum absolute atomic E-state index is 6.69. The first-order valence-corrected chi connectivity index (χ1v) is 18.2. The Balaban J connectivity index is 1.31. The van der Waals surface area contributed by atoms with Crippen LogP contribution in [0.4, 0.5) is 17.1 Å². The number of allylic oxidation sites excluding steroid dienone is 5. The summed E-state index contributed by atoms with van der Waals surface area (Å²) in [5, 5.41) is 2.20. The Bertz CT molecular complexity index is 2690. The Morgan fingerprint density at radius 3 is 2.09 bits per heavy atom. The van der Waals surface area contributed by atoms with E-state index >= 15 is 0 Å². The van der Waals surface area contributed by atoms with Crippen molar-refractivity contribution in [2.24, 2.45) is 0 Å². The summed E-state index contributed by atoms with van der Waals surface area (Å²) in [6.45, 7) is 9.01. The predicted molar refractivity (Wildman–Crippen MR) is 223 cm³/mol. The number of fused-ring (bicyclic) bond motifs is 6. The van der Waals surface area contributed by atoms with Gasteiger partial charge in [-0.2, -0.15) is 0 Å². The molecule has 9 rings (SSSR count). The minimum atomic E-state index is -0.609. The largest absolute Gasteiger partial charge is 0.454 e. The van der Waals surface area contributed by atoms with Crippen LogP contribution in [0.1, 0.15) is 29.2 Å². The topological polar surface area (TPSA) is 16.4 Å². The molecule has 254 valence electrons. The Hall–Kier alpha value is -6.64. The zero-order chi connectivity index (χ0) is 35.9. The van der Waals surface area contributed by atoms with Crippen LogP contribution in [0.5, 0.6) is 0 Å². The van der Waals surface area contributed by atoms with Crippen molar-refractivity contribution >= 4 is 39.0 Å². The lowest BCUT2D eigenvalue weighted by atomic mass is 9.67. The van der Waals surface area contributed by atoms with Crippen molar-refractivity contribution in [2.45, 2.75) is 19.3 Å². The molecule has 0 aliphatic heterocycles. The first-order chi connectivity index (χ1) is 26.1. The van der Waals surface area contributed by atoms with Crippen LogP contribution in [0.25, 0.3) is 44.2 Å². The lowest BCUT2D eigenvalue weighted by Gasteiger charge is -2.35. The quantitative estimate of drug-likeness (QED) is 0.148. The summed E-state index contributed by atoms with van der Waals surface area (Å²) in [6, 6.07) is 58.9. The summed E-state index contributed by atoms with van der Waals surface area (Å²) < 4.78 is 6.69. The molecule has 0 amide bonds. The van der Waals surface area contributed by atoms with Gasteiger partial charge in [-0.25, -0.2) is 0 Å². The number of hydrogen-bond donors (Lipinski definition) is 0. The fourth-order valence-corrected chi connectivity index (χ4v) is 8.23. The van der Waals surface area contributed by atoms with Gasteiger partial charge in [-0.15, -0.1) is 0 Å². The summed E-state index contributed by atoms with van der Waals surface area (Å²) >= 11 is 0. The van der Waals surface area contributed by atoms with Crippen molar-refractivity contribution in [3.05, 3.63) is 223 Å². The van der Waals surface area contributed by atoms with Crippen molar-refractivity contribution in [1.82, 2.24) is 0 Å². The molecule has 2 heteroatoms. The summed E-state index contributed by atoms with van der Waals surface area (Å²) in [5.74, 6) is 0. The number of para-hydroxylation sites is 2. The maximum atomic E-state index is 6.69. The molecule has 1 unspecified atom stereocenters. The van der Waals surface area contributed by atoms with Crippen LogP contribution in [0.15, 0.2) is 205 Å². The van der Waals surface area contributed by atoms with Crippen molar-refractivity contribution in [3.63, 3.8) is 0 Å². The van der Waals surface area contributed by atoms with E-state index in [2.05, 4.69) is 188 Å². The molecule has 7 aromatic carbocycles. The summed E-state index contributed by atoms with van der Waals surface area (Å²) in [5.41, 5.74) is 14.9. The van der Waals surface area contributed by atoms with Gasteiger partial charge in [0, 0.05) is 22.1 Å². The van der Waals surface area contributed by atoms with Gasteiger partial charge in [-0.05, 0) is 94.8 Å². The normalized spacial score (nSPS) is 15.0. The van der Waals surface area contributed by atoms with Crippen molar-refractivity contribution in [2.75, 3.05) is 4.90 Å². The van der Waals surface area contributed by atoms with Crippen LogP contribution in [-0.4, -0.2) is 0 Å². The summed E-state index contributed by atoms with van der Waals surface area (Å²) in [6.07, 6.45) is 8.40. The highest BCUT2D eigenvalue weighted by molar-refractivity contribution is 6.10. The molecule has 0 spiro atoms. The third kappa shape index (κ3) is 5.26. The van der Waals surface area contributed by atoms with Gasteiger partial charge < -0.3 is 9.32 Å². The number of nitrogens with zero attached hydrogens (tertiary/aromatic N) is 1. The molecule has 0 saturated heterocycles. The van der Waals surface area contributed by atoms with E-state index in [1.54, 1.807) is 0 Å². The Labute approximate surface area is 311 Å². The highest BCUT2D eigenvalue weighted by Crippen LogP contribution is 2.57. The third-order valence-corrected chi connectivity index (χ3v) is 10.7. The predicted octanol–water partition coefficient (Wildman–Crippen LogP) is 14.0. The van der Waals surface area contributed by atoms with Gasteiger partial charge in [0.05, 0.1) is 11.1 Å². The van der Waals surface area contributed by atoms with Gasteiger partial charge in [0.25, 0.3) is 0 Å². The van der Waals surface area contributed by atoms with Crippen LogP contribution in [0.3, 0.4) is 0 Å². The SMILES string of the molecule is C=C(/C=C\C=C/C)C1(c2ccc(C)cc2)c2ccccc2-c2ccc(N(c3ccc(-c4ccccc4)cc3)c3cccc4c3oc3ccccc34)cc21. The van der Waals surface area contributed by atoms with Crippen LogP contribution in [0.2, 0.25) is 0 Å². The van der Waals surface area contributed by atoms with E-state index in [1.807, 2.05) is 19.1 Å². The van der Waals surface area contributed by atoms with E-state index < -0.39 is 5.41 Å². The van der Waals surface area contributed by atoms with Gasteiger partial charge in [-0.3, -0.25) is 0 Å². The highest BCUT2D eigenvalue weighted by Gasteiger charge is 2.46. The van der Waals surface area contributed by atoms with Crippen molar-refractivity contribution in [1.29, 1.82) is 0 Å². The second kappa shape index (κ2) is 13.2. The fourth-order valence-electron chi connectivity index (χ4n) is 8.23. The lowest BCUT2D eigenvalue weighted by molar-refractivity contribution is 0.669. The number of rotatable bonds is 8. The molecule has 0 radical (unpaired) electrons. The van der Waals surface area contributed by atoms with Gasteiger partial charge in [0.15, 0.2) is 5.58 Å². The molecule has 1 atom stereocenters. The smallest absolute Gasteiger partial charge is 0.159 e. The molecule has 53 heavy (non-hydrogen) atoms. The van der Waals surface area contributed by atoms with E-state index in [0.717, 1.165) is 44.6 Å². The Morgan fingerprint density at radius 1 is 0.604 bits per heavy atom. The number of aryl methyl sites for hydroxylation is 1. The molecule has 1 aliphatic rings. The van der Waals surface area contributed by atoms with Gasteiger partial charge >= 0.3 is 0 Å². The third-order valence-electron chi connectivity index (χ3n) is 10.7.